The molecule has 0 aliphatic rings. The molecule has 0 amide bonds. The van der Waals surface area contributed by atoms with Crippen molar-refractivity contribution in [3.05, 3.63) is 29.8 Å². The largest absolute Gasteiger partial charge is 0.390 e. The van der Waals surface area contributed by atoms with Crippen molar-refractivity contribution in [3.8, 4) is 11.6 Å². The Balaban J connectivity index is 2.34. The number of H-pyrrole nitrogens is 1. The highest BCUT2D eigenvalue weighted by molar-refractivity contribution is 5.42. The summed E-state index contributed by atoms with van der Waals surface area (Å²) in [6, 6.07) is 0. The second-order valence-electron chi connectivity index (χ2n) is 3.00. The van der Waals surface area contributed by atoms with Crippen LogP contribution in [0.15, 0.2) is 18.6 Å². The summed E-state index contributed by atoms with van der Waals surface area (Å²) in [6.45, 7) is 1.87. The summed E-state index contributed by atoms with van der Waals surface area (Å²) in [4.78, 5) is 15.2. The van der Waals surface area contributed by atoms with Crippen molar-refractivity contribution >= 4 is 0 Å². The molecule has 0 unspecified atom stereocenters. The van der Waals surface area contributed by atoms with Crippen LogP contribution in [0.3, 0.4) is 0 Å². The third kappa shape index (κ3) is 1.62. The standard InChI is InChI=1S/C9H10N4O/c1-6-2-10-8(11-3-6)9-12-4-7(5-14)13-9/h2-4,14H,5H2,1H3,(H,12,13). The normalized spacial score (nSPS) is 10.4. The zero-order chi connectivity index (χ0) is 9.97. The summed E-state index contributed by atoms with van der Waals surface area (Å²) in [5.41, 5.74) is 1.66. The molecule has 2 rings (SSSR count). The van der Waals surface area contributed by atoms with E-state index < -0.39 is 0 Å². The second-order valence-corrected chi connectivity index (χ2v) is 3.00. The Kier molecular flexibility index (Phi) is 2.24. The van der Waals surface area contributed by atoms with E-state index in [1.54, 1.807) is 18.6 Å². The van der Waals surface area contributed by atoms with Crippen LogP contribution in [-0.4, -0.2) is 25.0 Å². The van der Waals surface area contributed by atoms with Crippen molar-refractivity contribution < 1.29 is 5.11 Å². The SMILES string of the molecule is Cc1cnc(-c2ncc(CO)[nH]2)nc1. The van der Waals surface area contributed by atoms with Gasteiger partial charge in [-0.15, -0.1) is 0 Å². The first-order valence-electron chi connectivity index (χ1n) is 4.23. The quantitative estimate of drug-likeness (QED) is 0.729. The maximum atomic E-state index is 8.83. The lowest BCUT2D eigenvalue weighted by Gasteiger charge is -1.94. The zero-order valence-corrected chi connectivity index (χ0v) is 7.73. The monoisotopic (exact) mass is 190 g/mol. The topological polar surface area (TPSA) is 74.7 Å². The lowest BCUT2D eigenvalue weighted by molar-refractivity contribution is 0.277. The van der Waals surface area contributed by atoms with Crippen molar-refractivity contribution in [2.75, 3.05) is 0 Å². The van der Waals surface area contributed by atoms with Crippen molar-refractivity contribution in [1.29, 1.82) is 0 Å². The van der Waals surface area contributed by atoms with Gasteiger partial charge in [0, 0.05) is 12.4 Å². The number of imidazole rings is 1. The summed E-state index contributed by atoms with van der Waals surface area (Å²) in [5.74, 6) is 1.12. The van der Waals surface area contributed by atoms with Gasteiger partial charge in [0.2, 0.25) is 0 Å². The molecule has 2 aromatic heterocycles. The van der Waals surface area contributed by atoms with Gasteiger partial charge < -0.3 is 10.1 Å². The number of aliphatic hydroxyl groups is 1. The molecule has 2 N–H and O–H groups in total. The molecule has 0 atom stereocenters. The van der Waals surface area contributed by atoms with E-state index in [4.69, 9.17) is 5.11 Å². The van der Waals surface area contributed by atoms with Gasteiger partial charge in [-0.25, -0.2) is 15.0 Å². The number of nitrogens with zero attached hydrogens (tertiary/aromatic N) is 3. The highest BCUT2D eigenvalue weighted by atomic mass is 16.3. The lowest BCUT2D eigenvalue weighted by Crippen LogP contribution is -1.91. The van der Waals surface area contributed by atoms with Gasteiger partial charge in [-0.1, -0.05) is 0 Å². The molecule has 0 saturated carbocycles. The molecule has 72 valence electrons. The average molecular weight is 190 g/mol. The lowest BCUT2D eigenvalue weighted by atomic mass is 10.4. The molecule has 2 heterocycles. The van der Waals surface area contributed by atoms with Crippen LogP contribution in [0.5, 0.6) is 0 Å². The Labute approximate surface area is 80.9 Å². The van der Waals surface area contributed by atoms with Crippen molar-refractivity contribution in [1.82, 2.24) is 19.9 Å². The molecule has 2 aromatic rings. The second kappa shape index (κ2) is 3.55. The molecular weight excluding hydrogens is 180 g/mol. The fraction of sp³-hybridized carbons (Fsp3) is 0.222. The summed E-state index contributed by atoms with van der Waals surface area (Å²) in [7, 11) is 0. The highest BCUT2D eigenvalue weighted by Gasteiger charge is 2.04. The van der Waals surface area contributed by atoms with Gasteiger partial charge in [0.1, 0.15) is 0 Å². The molecule has 0 saturated heterocycles. The zero-order valence-electron chi connectivity index (χ0n) is 7.73. The molecule has 0 radical (unpaired) electrons. The minimum absolute atomic E-state index is 0.0567. The number of aliphatic hydroxyl groups excluding tert-OH is 1. The van der Waals surface area contributed by atoms with Gasteiger partial charge in [-0.2, -0.15) is 0 Å². The third-order valence-electron chi connectivity index (χ3n) is 1.79. The summed E-state index contributed by atoms with van der Waals surface area (Å²) in [6.07, 6.45) is 5.02. The molecule has 0 fully saturated rings. The first-order valence-corrected chi connectivity index (χ1v) is 4.23. The van der Waals surface area contributed by atoms with Gasteiger partial charge in [0.25, 0.3) is 0 Å². The van der Waals surface area contributed by atoms with E-state index in [2.05, 4.69) is 19.9 Å². The number of hydrogen-bond acceptors (Lipinski definition) is 4. The minimum atomic E-state index is -0.0567. The van der Waals surface area contributed by atoms with E-state index >= 15 is 0 Å². The first-order chi connectivity index (χ1) is 6.79. The van der Waals surface area contributed by atoms with Crippen LogP contribution in [0, 0.1) is 6.92 Å². The number of aromatic nitrogens is 4. The van der Waals surface area contributed by atoms with Crippen molar-refractivity contribution in [2.24, 2.45) is 0 Å². The Morgan fingerprint density at radius 3 is 2.50 bits per heavy atom. The van der Waals surface area contributed by atoms with Crippen LogP contribution >= 0.6 is 0 Å². The van der Waals surface area contributed by atoms with Crippen molar-refractivity contribution in [3.63, 3.8) is 0 Å². The van der Waals surface area contributed by atoms with Crippen LogP contribution < -0.4 is 0 Å². The fourth-order valence-electron chi connectivity index (χ4n) is 1.07. The number of aryl methyl sites for hydroxylation is 1. The molecular formula is C9H10N4O. The predicted molar refractivity (Wildman–Crippen MR) is 50.3 cm³/mol. The molecule has 0 aliphatic carbocycles. The summed E-state index contributed by atoms with van der Waals surface area (Å²) >= 11 is 0. The molecule has 0 bridgehead atoms. The van der Waals surface area contributed by atoms with E-state index in [0.29, 0.717) is 17.3 Å². The maximum Gasteiger partial charge on any atom is 0.195 e. The van der Waals surface area contributed by atoms with Gasteiger partial charge in [-0.3, -0.25) is 0 Å². The number of rotatable bonds is 2. The Morgan fingerprint density at radius 1 is 1.21 bits per heavy atom. The molecule has 5 nitrogen and oxygen atoms in total. The average Bonchev–Trinajstić information content (AvgIpc) is 2.67. The van der Waals surface area contributed by atoms with Crippen LogP contribution in [0.25, 0.3) is 11.6 Å². The van der Waals surface area contributed by atoms with Crippen LogP contribution in [-0.2, 0) is 6.61 Å². The molecule has 5 heteroatoms. The molecule has 0 aliphatic heterocycles. The molecule has 0 aromatic carbocycles. The van der Waals surface area contributed by atoms with E-state index in [9.17, 15) is 0 Å². The summed E-state index contributed by atoms with van der Waals surface area (Å²) < 4.78 is 0. The number of aromatic amines is 1. The molecule has 14 heavy (non-hydrogen) atoms. The van der Waals surface area contributed by atoms with Gasteiger partial charge in [0.05, 0.1) is 18.5 Å². The van der Waals surface area contributed by atoms with E-state index in [1.165, 1.54) is 0 Å². The Morgan fingerprint density at radius 2 is 1.93 bits per heavy atom. The Bertz CT molecular complexity index is 421. The molecule has 0 spiro atoms. The third-order valence-corrected chi connectivity index (χ3v) is 1.79. The summed E-state index contributed by atoms with van der Waals surface area (Å²) in [5, 5.41) is 8.83. The van der Waals surface area contributed by atoms with E-state index in [1.807, 2.05) is 6.92 Å². The van der Waals surface area contributed by atoms with Crippen LogP contribution in [0.2, 0.25) is 0 Å². The maximum absolute atomic E-state index is 8.83. The smallest absolute Gasteiger partial charge is 0.195 e. The van der Waals surface area contributed by atoms with Crippen molar-refractivity contribution in [2.45, 2.75) is 13.5 Å². The minimum Gasteiger partial charge on any atom is -0.390 e. The number of hydrogen-bond donors (Lipinski definition) is 2. The van der Waals surface area contributed by atoms with E-state index in [-0.39, 0.29) is 6.61 Å². The number of nitrogens with one attached hydrogen (secondary N) is 1. The highest BCUT2D eigenvalue weighted by Crippen LogP contribution is 2.09. The Hall–Kier alpha value is -1.75. The van der Waals surface area contributed by atoms with Gasteiger partial charge >= 0.3 is 0 Å². The predicted octanol–water partition coefficient (Wildman–Crippen LogP) is 0.667. The van der Waals surface area contributed by atoms with E-state index in [0.717, 1.165) is 5.56 Å². The van der Waals surface area contributed by atoms with Gasteiger partial charge in [-0.05, 0) is 12.5 Å². The fourth-order valence-corrected chi connectivity index (χ4v) is 1.07. The van der Waals surface area contributed by atoms with Crippen LogP contribution in [0.4, 0.5) is 0 Å². The first kappa shape index (κ1) is 8.83. The van der Waals surface area contributed by atoms with Gasteiger partial charge in [0.15, 0.2) is 11.6 Å². The van der Waals surface area contributed by atoms with Crippen LogP contribution in [0.1, 0.15) is 11.3 Å².